The summed E-state index contributed by atoms with van der Waals surface area (Å²) < 4.78 is 5.07. The number of ether oxygens (including phenoxy) is 1. The number of amides is 1. The number of thiophene rings is 1. The Kier molecular flexibility index (Phi) is 5.30. The highest BCUT2D eigenvalue weighted by Gasteiger charge is 2.15. The predicted octanol–water partition coefficient (Wildman–Crippen LogP) is 2.69. The van der Waals surface area contributed by atoms with Crippen LogP contribution in [0, 0.1) is 6.92 Å². The van der Waals surface area contributed by atoms with E-state index in [2.05, 4.69) is 10.3 Å². The van der Waals surface area contributed by atoms with Crippen molar-refractivity contribution < 1.29 is 14.3 Å². The molecular formula is C14H13ClN2O3S. The molecule has 0 spiro atoms. The normalized spacial score (nSPS) is 10.2. The third-order valence-electron chi connectivity index (χ3n) is 2.65. The number of nitrogens with zero attached hydrogens (tertiary/aromatic N) is 1. The predicted molar refractivity (Wildman–Crippen MR) is 80.9 cm³/mol. The molecule has 5 nitrogen and oxygen atoms in total. The maximum absolute atomic E-state index is 11.8. The molecule has 0 fully saturated rings. The molecule has 21 heavy (non-hydrogen) atoms. The van der Waals surface area contributed by atoms with Gasteiger partial charge in [-0.05, 0) is 30.0 Å². The van der Waals surface area contributed by atoms with E-state index in [0.717, 1.165) is 5.56 Å². The second-order valence-electron chi connectivity index (χ2n) is 4.19. The van der Waals surface area contributed by atoms with E-state index in [0.29, 0.717) is 15.5 Å². The van der Waals surface area contributed by atoms with E-state index >= 15 is 0 Å². The van der Waals surface area contributed by atoms with Crippen molar-refractivity contribution in [2.24, 2.45) is 0 Å². The number of pyridine rings is 1. The van der Waals surface area contributed by atoms with E-state index in [1.165, 1.54) is 23.7 Å². The van der Waals surface area contributed by atoms with Crippen LogP contribution in [0.2, 0.25) is 5.02 Å². The number of hydrogen-bond donors (Lipinski definition) is 1. The summed E-state index contributed by atoms with van der Waals surface area (Å²) in [7, 11) is 0. The molecule has 7 heteroatoms. The molecule has 1 N–H and O–H groups in total. The topological polar surface area (TPSA) is 68.3 Å². The van der Waals surface area contributed by atoms with Crippen LogP contribution in [-0.4, -0.2) is 30.0 Å². The Hall–Kier alpha value is -1.92. The van der Waals surface area contributed by atoms with Gasteiger partial charge in [0.1, 0.15) is 11.5 Å². The highest BCUT2D eigenvalue weighted by Crippen LogP contribution is 2.27. The summed E-state index contributed by atoms with van der Waals surface area (Å²) in [5.41, 5.74) is 1.35. The SMILES string of the molecule is Cc1csc(C(=O)OCCNC(=O)c2ccncc2)c1Cl. The lowest BCUT2D eigenvalue weighted by Gasteiger charge is -2.06. The Balaban J connectivity index is 1.76. The molecule has 0 unspecified atom stereocenters. The number of nitrogens with one attached hydrogen (secondary N) is 1. The van der Waals surface area contributed by atoms with Crippen molar-refractivity contribution >= 4 is 34.8 Å². The van der Waals surface area contributed by atoms with Crippen molar-refractivity contribution in [2.45, 2.75) is 6.92 Å². The van der Waals surface area contributed by atoms with Crippen molar-refractivity contribution in [3.63, 3.8) is 0 Å². The lowest BCUT2D eigenvalue weighted by molar-refractivity contribution is 0.0509. The first kappa shape index (κ1) is 15.5. The quantitative estimate of drug-likeness (QED) is 0.678. The lowest BCUT2D eigenvalue weighted by Crippen LogP contribution is -2.28. The molecule has 2 aromatic rings. The van der Waals surface area contributed by atoms with Crippen LogP contribution in [0.25, 0.3) is 0 Å². The van der Waals surface area contributed by atoms with E-state index in [-0.39, 0.29) is 19.1 Å². The third kappa shape index (κ3) is 4.03. The maximum atomic E-state index is 11.8. The summed E-state index contributed by atoms with van der Waals surface area (Å²) in [6.07, 6.45) is 3.08. The monoisotopic (exact) mass is 324 g/mol. The Bertz CT molecular complexity index is 643. The molecule has 0 aliphatic heterocycles. The van der Waals surface area contributed by atoms with Gasteiger partial charge in [-0.15, -0.1) is 11.3 Å². The molecule has 110 valence electrons. The number of esters is 1. The molecule has 0 bridgehead atoms. The summed E-state index contributed by atoms with van der Waals surface area (Å²) >= 11 is 7.23. The summed E-state index contributed by atoms with van der Waals surface area (Å²) in [6, 6.07) is 3.21. The van der Waals surface area contributed by atoms with Crippen molar-refractivity contribution in [1.82, 2.24) is 10.3 Å². The van der Waals surface area contributed by atoms with Crippen LogP contribution in [-0.2, 0) is 4.74 Å². The largest absolute Gasteiger partial charge is 0.460 e. The van der Waals surface area contributed by atoms with Crippen LogP contribution < -0.4 is 5.32 Å². The second-order valence-corrected chi connectivity index (χ2v) is 5.45. The molecule has 0 saturated heterocycles. The van der Waals surface area contributed by atoms with Gasteiger partial charge in [0.05, 0.1) is 11.6 Å². The summed E-state index contributed by atoms with van der Waals surface area (Å²) in [6.45, 7) is 2.14. The van der Waals surface area contributed by atoms with Crippen LogP contribution in [0.3, 0.4) is 0 Å². The van der Waals surface area contributed by atoms with Crippen molar-refractivity contribution in [1.29, 1.82) is 0 Å². The van der Waals surface area contributed by atoms with Crippen LogP contribution in [0.15, 0.2) is 29.9 Å². The first-order valence-electron chi connectivity index (χ1n) is 6.18. The molecule has 0 aromatic carbocycles. The maximum Gasteiger partial charge on any atom is 0.349 e. The van der Waals surface area contributed by atoms with Crippen LogP contribution in [0.4, 0.5) is 0 Å². The summed E-state index contributed by atoms with van der Waals surface area (Å²) in [5.74, 6) is -0.713. The van der Waals surface area contributed by atoms with Gasteiger partial charge in [0.25, 0.3) is 5.91 Å². The number of aryl methyl sites for hydroxylation is 1. The minimum absolute atomic E-state index is 0.0862. The van der Waals surface area contributed by atoms with Gasteiger partial charge >= 0.3 is 5.97 Å². The standard InChI is InChI=1S/C14H13ClN2O3S/c1-9-8-21-12(11(9)15)14(19)20-7-6-17-13(18)10-2-4-16-5-3-10/h2-5,8H,6-7H2,1H3,(H,17,18). The molecule has 0 atom stereocenters. The van der Waals surface area contributed by atoms with Gasteiger partial charge in [0, 0.05) is 18.0 Å². The number of carbonyl (C=O) groups is 2. The molecule has 0 radical (unpaired) electrons. The smallest absolute Gasteiger partial charge is 0.349 e. The molecule has 1 amide bonds. The lowest BCUT2D eigenvalue weighted by atomic mass is 10.2. The minimum Gasteiger partial charge on any atom is -0.460 e. The molecule has 0 saturated carbocycles. The first-order valence-corrected chi connectivity index (χ1v) is 7.44. The summed E-state index contributed by atoms with van der Waals surface area (Å²) in [5, 5.41) is 4.87. The van der Waals surface area contributed by atoms with Gasteiger partial charge in [-0.3, -0.25) is 9.78 Å². The van der Waals surface area contributed by atoms with E-state index in [1.807, 2.05) is 6.92 Å². The van der Waals surface area contributed by atoms with Gasteiger partial charge in [-0.25, -0.2) is 4.79 Å². The number of halogens is 1. The zero-order valence-corrected chi connectivity index (χ0v) is 12.8. The fraction of sp³-hybridized carbons (Fsp3) is 0.214. The van der Waals surface area contributed by atoms with Crippen LogP contribution in [0.5, 0.6) is 0 Å². The second kappa shape index (κ2) is 7.19. The Morgan fingerprint density at radius 1 is 1.38 bits per heavy atom. The number of hydrogen-bond acceptors (Lipinski definition) is 5. The molecule has 0 aliphatic rings. The molecular weight excluding hydrogens is 312 g/mol. The van der Waals surface area contributed by atoms with Gasteiger partial charge in [-0.1, -0.05) is 11.6 Å². The Morgan fingerprint density at radius 2 is 2.10 bits per heavy atom. The fourth-order valence-corrected chi connectivity index (χ4v) is 2.71. The van der Waals surface area contributed by atoms with Crippen LogP contribution in [0.1, 0.15) is 25.6 Å². The highest BCUT2D eigenvalue weighted by molar-refractivity contribution is 7.12. The van der Waals surface area contributed by atoms with E-state index < -0.39 is 5.97 Å². The van der Waals surface area contributed by atoms with Gasteiger partial charge in [0.15, 0.2) is 0 Å². The van der Waals surface area contributed by atoms with E-state index in [9.17, 15) is 9.59 Å². The molecule has 2 rings (SSSR count). The molecule has 2 aromatic heterocycles. The molecule has 0 aliphatic carbocycles. The third-order valence-corrected chi connectivity index (χ3v) is 4.32. The average Bonchev–Trinajstić information content (AvgIpc) is 2.84. The summed E-state index contributed by atoms with van der Waals surface area (Å²) in [4.78, 5) is 27.7. The first-order chi connectivity index (χ1) is 10.1. The number of rotatable bonds is 5. The van der Waals surface area contributed by atoms with Crippen molar-refractivity contribution in [3.05, 3.63) is 50.9 Å². The Morgan fingerprint density at radius 3 is 2.71 bits per heavy atom. The number of aromatic nitrogens is 1. The van der Waals surface area contributed by atoms with Crippen molar-refractivity contribution in [2.75, 3.05) is 13.2 Å². The fourth-order valence-electron chi connectivity index (χ4n) is 1.55. The van der Waals surface area contributed by atoms with Crippen molar-refractivity contribution in [3.8, 4) is 0 Å². The highest BCUT2D eigenvalue weighted by atomic mass is 35.5. The van der Waals surface area contributed by atoms with E-state index in [1.54, 1.807) is 17.5 Å². The number of carbonyl (C=O) groups excluding carboxylic acids is 2. The molecule has 2 heterocycles. The van der Waals surface area contributed by atoms with E-state index in [4.69, 9.17) is 16.3 Å². The minimum atomic E-state index is -0.476. The average molecular weight is 325 g/mol. The zero-order valence-electron chi connectivity index (χ0n) is 11.3. The van der Waals surface area contributed by atoms with Crippen LogP contribution >= 0.6 is 22.9 Å². The Labute approximate surface area is 130 Å². The van der Waals surface area contributed by atoms with Gasteiger partial charge in [0.2, 0.25) is 0 Å². The van der Waals surface area contributed by atoms with Gasteiger partial charge in [-0.2, -0.15) is 0 Å². The van der Waals surface area contributed by atoms with Gasteiger partial charge < -0.3 is 10.1 Å². The zero-order chi connectivity index (χ0) is 15.2.